The van der Waals surface area contributed by atoms with Crippen molar-refractivity contribution in [3.05, 3.63) is 0 Å². The van der Waals surface area contributed by atoms with E-state index in [1.54, 1.807) is 0 Å². The van der Waals surface area contributed by atoms with Gasteiger partial charge in [-0.1, -0.05) is 20.8 Å². The Hall–Kier alpha value is -0.0400. The third kappa shape index (κ3) is 4.41. The summed E-state index contributed by atoms with van der Waals surface area (Å²) in [6, 6.07) is 0. The van der Waals surface area contributed by atoms with Gasteiger partial charge in [-0.15, -0.1) is 0 Å². The van der Waals surface area contributed by atoms with Crippen LogP contribution in [0, 0.1) is 5.92 Å². The third-order valence-corrected chi connectivity index (χ3v) is 1.94. The maximum absolute atomic E-state index is 5.54. The molecule has 0 N–H and O–H groups in total. The molecule has 1 heterocycles. The molecule has 1 heteroatoms. The van der Waals surface area contributed by atoms with Crippen molar-refractivity contribution >= 4 is 0 Å². The first kappa shape index (κ1) is 11.0. The Morgan fingerprint density at radius 3 is 2.09 bits per heavy atom. The Kier molecular flexibility index (Phi) is 4.74. The highest BCUT2D eigenvalue weighted by Crippen LogP contribution is 2.27. The van der Waals surface area contributed by atoms with Gasteiger partial charge in [-0.25, -0.2) is 0 Å². The van der Waals surface area contributed by atoms with Crippen LogP contribution in [-0.4, -0.2) is 12.2 Å². The molecule has 0 radical (unpaired) electrons. The van der Waals surface area contributed by atoms with Crippen LogP contribution in [0.5, 0.6) is 0 Å². The van der Waals surface area contributed by atoms with E-state index in [0.29, 0.717) is 0 Å². The summed E-state index contributed by atoms with van der Waals surface area (Å²) in [7, 11) is 0. The van der Waals surface area contributed by atoms with Crippen molar-refractivity contribution < 1.29 is 4.74 Å². The normalized spacial score (nSPS) is 28.6. The zero-order valence-corrected chi connectivity index (χ0v) is 8.61. The fourth-order valence-electron chi connectivity index (χ4n) is 1.54. The van der Waals surface area contributed by atoms with Crippen LogP contribution in [0.25, 0.3) is 0 Å². The molecular formula is C10H22O. The Balaban J connectivity index is 0.000000461. The molecule has 1 nitrogen and oxygen atoms in total. The summed E-state index contributed by atoms with van der Waals surface area (Å²) in [4.78, 5) is 0. The maximum Gasteiger partial charge on any atom is 0.0629 e. The molecular weight excluding hydrogens is 136 g/mol. The first-order valence-electron chi connectivity index (χ1n) is 4.74. The molecule has 1 saturated heterocycles. The minimum absolute atomic E-state index is 0.150. The van der Waals surface area contributed by atoms with Crippen molar-refractivity contribution in [1.29, 1.82) is 0 Å². The van der Waals surface area contributed by atoms with Gasteiger partial charge in [-0.05, 0) is 32.6 Å². The number of hydrogen-bond acceptors (Lipinski definition) is 1. The zero-order chi connectivity index (χ0) is 8.91. The van der Waals surface area contributed by atoms with Crippen LogP contribution in [-0.2, 0) is 4.74 Å². The maximum atomic E-state index is 5.54. The molecule has 0 bridgehead atoms. The van der Waals surface area contributed by atoms with Gasteiger partial charge in [0.2, 0.25) is 0 Å². The van der Waals surface area contributed by atoms with Crippen LogP contribution in [0.4, 0.5) is 0 Å². The standard InChI is InChI=1S/C8H16O.C2H6/c1-7-4-5-9-8(2,3)6-7;1-2/h7H,4-6H2,1-3H3;1-2H3. The van der Waals surface area contributed by atoms with Crippen LogP contribution >= 0.6 is 0 Å². The van der Waals surface area contributed by atoms with Gasteiger partial charge in [0, 0.05) is 6.61 Å². The number of hydrogen-bond donors (Lipinski definition) is 0. The first-order valence-corrected chi connectivity index (χ1v) is 4.74. The second kappa shape index (κ2) is 4.76. The second-order valence-corrected chi connectivity index (χ2v) is 3.71. The smallest absolute Gasteiger partial charge is 0.0629 e. The van der Waals surface area contributed by atoms with Gasteiger partial charge in [-0.2, -0.15) is 0 Å². The van der Waals surface area contributed by atoms with Crippen LogP contribution in [0.15, 0.2) is 0 Å². The quantitative estimate of drug-likeness (QED) is 0.526. The van der Waals surface area contributed by atoms with Gasteiger partial charge in [0.25, 0.3) is 0 Å². The fourth-order valence-corrected chi connectivity index (χ4v) is 1.54. The van der Waals surface area contributed by atoms with E-state index in [1.165, 1.54) is 12.8 Å². The summed E-state index contributed by atoms with van der Waals surface area (Å²) in [6.07, 6.45) is 2.45. The highest BCUT2D eigenvalue weighted by molar-refractivity contribution is 4.75. The van der Waals surface area contributed by atoms with Gasteiger partial charge in [0.15, 0.2) is 0 Å². The molecule has 11 heavy (non-hydrogen) atoms. The molecule has 1 atom stereocenters. The Labute approximate surface area is 71.1 Å². The topological polar surface area (TPSA) is 9.23 Å². The lowest BCUT2D eigenvalue weighted by Crippen LogP contribution is -2.32. The molecule has 1 aliphatic rings. The van der Waals surface area contributed by atoms with E-state index in [-0.39, 0.29) is 5.60 Å². The summed E-state index contributed by atoms with van der Waals surface area (Å²) in [5, 5.41) is 0. The molecule has 0 amide bonds. The monoisotopic (exact) mass is 158 g/mol. The predicted octanol–water partition coefficient (Wildman–Crippen LogP) is 3.24. The van der Waals surface area contributed by atoms with Gasteiger partial charge >= 0.3 is 0 Å². The molecule has 1 aliphatic heterocycles. The number of ether oxygens (including phenoxy) is 1. The summed E-state index contributed by atoms with van der Waals surface area (Å²) >= 11 is 0. The predicted molar refractivity (Wildman–Crippen MR) is 49.8 cm³/mol. The molecule has 0 aliphatic carbocycles. The van der Waals surface area contributed by atoms with E-state index in [0.717, 1.165) is 12.5 Å². The summed E-state index contributed by atoms with van der Waals surface area (Å²) < 4.78 is 5.54. The molecule has 0 aromatic heterocycles. The lowest BCUT2D eigenvalue weighted by molar-refractivity contribution is -0.0690. The fraction of sp³-hybridized carbons (Fsp3) is 1.00. The molecule has 1 fully saturated rings. The van der Waals surface area contributed by atoms with Crippen LogP contribution < -0.4 is 0 Å². The van der Waals surface area contributed by atoms with Crippen LogP contribution in [0.3, 0.4) is 0 Å². The van der Waals surface area contributed by atoms with E-state index >= 15 is 0 Å². The van der Waals surface area contributed by atoms with Gasteiger partial charge in [0.05, 0.1) is 5.60 Å². The van der Waals surface area contributed by atoms with Gasteiger partial charge in [-0.3, -0.25) is 0 Å². The minimum atomic E-state index is 0.150. The highest BCUT2D eigenvalue weighted by Gasteiger charge is 2.25. The summed E-state index contributed by atoms with van der Waals surface area (Å²) in [6.45, 7) is 11.6. The molecule has 0 saturated carbocycles. The molecule has 0 aromatic carbocycles. The lowest BCUT2D eigenvalue weighted by atomic mass is 9.90. The Morgan fingerprint density at radius 1 is 1.27 bits per heavy atom. The van der Waals surface area contributed by atoms with Crippen LogP contribution in [0.2, 0.25) is 0 Å². The van der Waals surface area contributed by atoms with Gasteiger partial charge < -0.3 is 4.74 Å². The molecule has 1 rings (SSSR count). The lowest BCUT2D eigenvalue weighted by Gasteiger charge is -2.33. The molecule has 68 valence electrons. The minimum Gasteiger partial charge on any atom is -0.376 e. The Morgan fingerprint density at radius 2 is 1.82 bits per heavy atom. The van der Waals surface area contributed by atoms with Crippen LogP contribution in [0.1, 0.15) is 47.5 Å². The first-order chi connectivity index (χ1) is 5.10. The van der Waals surface area contributed by atoms with Crippen molar-refractivity contribution in [3.8, 4) is 0 Å². The second-order valence-electron chi connectivity index (χ2n) is 3.71. The SMILES string of the molecule is CC.CC1CCOC(C)(C)C1. The molecule has 1 unspecified atom stereocenters. The largest absolute Gasteiger partial charge is 0.376 e. The Bertz CT molecular complexity index is 97.0. The van der Waals surface area contributed by atoms with E-state index < -0.39 is 0 Å². The average molecular weight is 158 g/mol. The highest BCUT2D eigenvalue weighted by atomic mass is 16.5. The van der Waals surface area contributed by atoms with E-state index in [4.69, 9.17) is 4.74 Å². The average Bonchev–Trinajstić information content (AvgIpc) is 1.89. The summed E-state index contributed by atoms with van der Waals surface area (Å²) in [5.74, 6) is 0.855. The molecule has 0 spiro atoms. The van der Waals surface area contributed by atoms with E-state index in [9.17, 15) is 0 Å². The van der Waals surface area contributed by atoms with Crippen molar-refractivity contribution in [1.82, 2.24) is 0 Å². The van der Waals surface area contributed by atoms with E-state index in [2.05, 4.69) is 20.8 Å². The number of rotatable bonds is 0. The van der Waals surface area contributed by atoms with Crippen molar-refractivity contribution in [2.75, 3.05) is 6.61 Å². The molecule has 0 aromatic rings. The van der Waals surface area contributed by atoms with Crippen molar-refractivity contribution in [2.24, 2.45) is 5.92 Å². The van der Waals surface area contributed by atoms with Crippen molar-refractivity contribution in [2.45, 2.75) is 53.1 Å². The zero-order valence-electron chi connectivity index (χ0n) is 8.61. The third-order valence-electron chi connectivity index (χ3n) is 1.94. The van der Waals surface area contributed by atoms with E-state index in [1.807, 2.05) is 13.8 Å². The summed E-state index contributed by atoms with van der Waals surface area (Å²) in [5.41, 5.74) is 0.150. The van der Waals surface area contributed by atoms with Crippen molar-refractivity contribution in [3.63, 3.8) is 0 Å². The van der Waals surface area contributed by atoms with Gasteiger partial charge in [0.1, 0.15) is 0 Å².